The second-order valence-electron chi connectivity index (χ2n) is 7.15. The van der Waals surface area contributed by atoms with E-state index < -0.39 is 0 Å². The van der Waals surface area contributed by atoms with Crippen LogP contribution in [0, 0.1) is 20.8 Å². The zero-order valence-corrected chi connectivity index (χ0v) is 17.8. The number of carbonyl (C=O) groups excluding carboxylic acids is 1. The molecule has 0 spiro atoms. The zero-order valence-electron chi connectivity index (χ0n) is 17.0. The summed E-state index contributed by atoms with van der Waals surface area (Å²) in [6.45, 7) is 8.85. The molecule has 6 heteroatoms. The Labute approximate surface area is 174 Å². The first-order valence-corrected chi connectivity index (χ1v) is 10.6. The third-order valence-electron chi connectivity index (χ3n) is 4.92. The number of Topliss-reactive ketones (excluding diaryl/α,β-unsaturated/α-hetero) is 1. The molecule has 0 saturated heterocycles. The van der Waals surface area contributed by atoms with Gasteiger partial charge in [-0.05, 0) is 75.2 Å². The molecule has 4 rings (SSSR count). The lowest BCUT2D eigenvalue weighted by Crippen LogP contribution is -2.04. The number of thioether (sulfide) groups is 1. The van der Waals surface area contributed by atoms with Gasteiger partial charge in [0.25, 0.3) is 0 Å². The van der Waals surface area contributed by atoms with Crippen LogP contribution in [0.3, 0.4) is 0 Å². The first kappa shape index (κ1) is 19.5. The van der Waals surface area contributed by atoms with Gasteiger partial charge in [0.1, 0.15) is 5.75 Å². The Morgan fingerprint density at radius 3 is 2.52 bits per heavy atom. The Morgan fingerprint density at radius 1 is 1.03 bits per heavy atom. The van der Waals surface area contributed by atoms with Crippen molar-refractivity contribution in [2.75, 3.05) is 12.4 Å². The number of fused-ring (bicyclic) bond motifs is 3. The lowest BCUT2D eigenvalue weighted by atomic mass is 10.0. The summed E-state index contributed by atoms with van der Waals surface area (Å²) in [7, 11) is 0. The molecular formula is C23H23N3O2S. The molecule has 0 aliphatic heterocycles. The first-order valence-electron chi connectivity index (χ1n) is 9.62. The smallest absolute Gasteiger partial charge is 0.196 e. The second-order valence-corrected chi connectivity index (χ2v) is 8.09. The zero-order chi connectivity index (χ0) is 20.5. The highest BCUT2D eigenvalue weighted by atomic mass is 32.2. The minimum atomic E-state index is 0.0544. The van der Waals surface area contributed by atoms with Crippen molar-refractivity contribution in [1.82, 2.24) is 14.6 Å². The Balaban J connectivity index is 1.65. The quantitative estimate of drug-likeness (QED) is 0.327. The number of carbonyl (C=O) groups is 1. The van der Waals surface area contributed by atoms with Crippen LogP contribution in [0.2, 0.25) is 0 Å². The van der Waals surface area contributed by atoms with E-state index in [9.17, 15) is 4.79 Å². The largest absolute Gasteiger partial charge is 0.494 e. The van der Waals surface area contributed by atoms with E-state index in [4.69, 9.17) is 4.74 Å². The third kappa shape index (κ3) is 3.72. The van der Waals surface area contributed by atoms with Crippen molar-refractivity contribution in [2.24, 2.45) is 0 Å². The first-order chi connectivity index (χ1) is 14.0. The van der Waals surface area contributed by atoms with Gasteiger partial charge in [0.15, 0.2) is 16.6 Å². The number of pyridine rings is 1. The minimum Gasteiger partial charge on any atom is -0.494 e. The summed E-state index contributed by atoms with van der Waals surface area (Å²) in [5.74, 6) is 1.13. The molecule has 0 fully saturated rings. The molecule has 0 atom stereocenters. The van der Waals surface area contributed by atoms with Crippen LogP contribution in [-0.4, -0.2) is 32.7 Å². The average Bonchev–Trinajstić information content (AvgIpc) is 3.09. The molecule has 0 N–H and O–H groups in total. The number of ether oxygens (including phenoxy) is 1. The molecule has 0 bridgehead atoms. The number of hydrogen-bond donors (Lipinski definition) is 0. The maximum atomic E-state index is 12.7. The predicted molar refractivity (Wildman–Crippen MR) is 117 cm³/mol. The molecule has 5 nitrogen and oxygen atoms in total. The normalized spacial score (nSPS) is 11.3. The van der Waals surface area contributed by atoms with Crippen LogP contribution in [0.15, 0.2) is 47.6 Å². The third-order valence-corrected chi connectivity index (χ3v) is 5.85. The van der Waals surface area contributed by atoms with Crippen LogP contribution in [0.5, 0.6) is 5.75 Å². The van der Waals surface area contributed by atoms with Crippen LogP contribution in [0.25, 0.3) is 16.6 Å². The molecule has 0 radical (unpaired) electrons. The van der Waals surface area contributed by atoms with E-state index in [2.05, 4.69) is 47.5 Å². The van der Waals surface area contributed by atoms with Crippen LogP contribution < -0.4 is 4.74 Å². The monoisotopic (exact) mass is 405 g/mol. The highest BCUT2D eigenvalue weighted by Crippen LogP contribution is 2.29. The van der Waals surface area contributed by atoms with Crippen molar-refractivity contribution < 1.29 is 9.53 Å². The summed E-state index contributed by atoms with van der Waals surface area (Å²) in [5.41, 5.74) is 6.15. The van der Waals surface area contributed by atoms with Gasteiger partial charge in [0, 0.05) is 10.9 Å². The number of hydrogen-bond acceptors (Lipinski definition) is 5. The molecule has 0 unspecified atom stereocenters. The Kier molecular flexibility index (Phi) is 5.28. The van der Waals surface area contributed by atoms with Crippen LogP contribution in [0.4, 0.5) is 0 Å². The lowest BCUT2D eigenvalue weighted by Gasteiger charge is -2.11. The standard InChI is InChI=1S/C23H23N3O2S/c1-5-28-18-8-6-17(7-9-18)20(27)13-29-23-25-24-21-12-15(3)19-11-14(2)10-16(4)22(19)26(21)23/h6-12H,5,13H2,1-4H3. The number of aromatic nitrogens is 3. The fourth-order valence-corrected chi connectivity index (χ4v) is 4.46. The lowest BCUT2D eigenvalue weighted by molar-refractivity contribution is 0.102. The van der Waals surface area contributed by atoms with Gasteiger partial charge in [-0.1, -0.05) is 23.4 Å². The Morgan fingerprint density at radius 2 is 1.79 bits per heavy atom. The summed E-state index contributed by atoms with van der Waals surface area (Å²) in [5, 5.41) is 10.6. The molecule has 2 aromatic heterocycles. The van der Waals surface area contributed by atoms with Gasteiger partial charge in [0.2, 0.25) is 0 Å². The van der Waals surface area contributed by atoms with Crippen molar-refractivity contribution in [3.63, 3.8) is 0 Å². The van der Waals surface area contributed by atoms with E-state index in [1.54, 1.807) is 0 Å². The number of nitrogens with zero attached hydrogens (tertiary/aromatic N) is 3. The van der Waals surface area contributed by atoms with E-state index in [0.717, 1.165) is 22.1 Å². The summed E-state index contributed by atoms with van der Waals surface area (Å²) < 4.78 is 7.50. The number of ketones is 1. The van der Waals surface area contributed by atoms with E-state index in [-0.39, 0.29) is 5.78 Å². The molecule has 2 heterocycles. The van der Waals surface area contributed by atoms with Crippen molar-refractivity contribution >= 4 is 34.1 Å². The maximum Gasteiger partial charge on any atom is 0.196 e. The van der Waals surface area contributed by atoms with Gasteiger partial charge >= 0.3 is 0 Å². The SMILES string of the molecule is CCOc1ccc(C(=O)CSc2nnc3cc(C)c4cc(C)cc(C)c4n23)cc1. The summed E-state index contributed by atoms with van der Waals surface area (Å²) in [4.78, 5) is 12.7. The van der Waals surface area contributed by atoms with Gasteiger partial charge in [-0.2, -0.15) is 0 Å². The van der Waals surface area contributed by atoms with Crippen LogP contribution in [-0.2, 0) is 0 Å². The highest BCUT2D eigenvalue weighted by molar-refractivity contribution is 7.99. The molecule has 4 aromatic rings. The van der Waals surface area contributed by atoms with Crippen molar-refractivity contribution in [1.29, 1.82) is 0 Å². The van der Waals surface area contributed by atoms with Gasteiger partial charge < -0.3 is 4.74 Å². The molecule has 29 heavy (non-hydrogen) atoms. The fourth-order valence-electron chi connectivity index (χ4n) is 3.62. The number of aryl methyl sites for hydroxylation is 3. The van der Waals surface area contributed by atoms with E-state index in [1.807, 2.05) is 37.3 Å². The second kappa shape index (κ2) is 7.87. The number of benzene rings is 2. The number of rotatable bonds is 6. The average molecular weight is 406 g/mol. The fraction of sp³-hybridized carbons (Fsp3) is 0.261. The minimum absolute atomic E-state index is 0.0544. The Bertz CT molecular complexity index is 1210. The van der Waals surface area contributed by atoms with Crippen LogP contribution in [0.1, 0.15) is 34.0 Å². The van der Waals surface area contributed by atoms with E-state index >= 15 is 0 Å². The Hall–Kier alpha value is -2.86. The maximum absolute atomic E-state index is 12.7. The molecular weight excluding hydrogens is 382 g/mol. The van der Waals surface area contributed by atoms with Crippen molar-refractivity contribution in [2.45, 2.75) is 32.9 Å². The topological polar surface area (TPSA) is 56.5 Å². The molecule has 0 aliphatic carbocycles. The van der Waals surface area contributed by atoms with E-state index in [1.165, 1.54) is 33.8 Å². The molecule has 0 saturated carbocycles. The molecule has 0 amide bonds. The van der Waals surface area contributed by atoms with Crippen LogP contribution >= 0.6 is 11.8 Å². The van der Waals surface area contributed by atoms with Gasteiger partial charge in [0.05, 0.1) is 17.9 Å². The van der Waals surface area contributed by atoms with Gasteiger partial charge in [-0.15, -0.1) is 10.2 Å². The van der Waals surface area contributed by atoms with Gasteiger partial charge in [-0.3, -0.25) is 9.20 Å². The summed E-state index contributed by atoms with van der Waals surface area (Å²) >= 11 is 1.42. The molecule has 0 aliphatic rings. The van der Waals surface area contributed by atoms with E-state index in [0.29, 0.717) is 17.9 Å². The van der Waals surface area contributed by atoms with Crippen molar-refractivity contribution in [3.05, 3.63) is 64.7 Å². The van der Waals surface area contributed by atoms with Crippen molar-refractivity contribution in [3.8, 4) is 5.75 Å². The molecule has 148 valence electrons. The van der Waals surface area contributed by atoms with Gasteiger partial charge in [-0.25, -0.2) is 0 Å². The summed E-state index contributed by atoms with van der Waals surface area (Å²) in [6, 6.07) is 13.7. The predicted octanol–water partition coefficient (Wildman–Crippen LogP) is 5.18. The summed E-state index contributed by atoms with van der Waals surface area (Å²) in [6.07, 6.45) is 0. The molecule has 2 aromatic carbocycles. The highest BCUT2D eigenvalue weighted by Gasteiger charge is 2.15.